The van der Waals surface area contributed by atoms with Crippen LogP contribution in [0.4, 0.5) is 5.95 Å². The van der Waals surface area contributed by atoms with Crippen LogP contribution < -0.4 is 10.9 Å². The van der Waals surface area contributed by atoms with Crippen LogP contribution in [0.3, 0.4) is 0 Å². The van der Waals surface area contributed by atoms with Crippen LogP contribution in [0.1, 0.15) is 0 Å². The van der Waals surface area contributed by atoms with Crippen LogP contribution in [-0.4, -0.2) is 21.3 Å². The summed E-state index contributed by atoms with van der Waals surface area (Å²) in [7, 11) is 0. The lowest BCUT2D eigenvalue weighted by Gasteiger charge is -2.02. The van der Waals surface area contributed by atoms with Gasteiger partial charge in [0.15, 0.2) is 5.69 Å². The van der Waals surface area contributed by atoms with E-state index in [0.29, 0.717) is 33.3 Å². The zero-order valence-electron chi connectivity index (χ0n) is 8.41. The maximum atomic E-state index is 12.1. The van der Waals surface area contributed by atoms with Gasteiger partial charge in [0.05, 0.1) is 4.34 Å². The van der Waals surface area contributed by atoms with Crippen molar-refractivity contribution in [3.8, 4) is 11.3 Å². The molecule has 0 unspecified atom stereocenters. The maximum absolute atomic E-state index is 12.1. The minimum absolute atomic E-state index is 0.198. The first-order chi connectivity index (χ1) is 8.16. The van der Waals surface area contributed by atoms with Gasteiger partial charge < -0.3 is 5.32 Å². The van der Waals surface area contributed by atoms with Gasteiger partial charge in [-0.15, -0.1) is 21.5 Å². The topological polar surface area (TPSA) is 59.8 Å². The number of halogens is 2. The zero-order valence-corrected chi connectivity index (χ0v) is 10.7. The quantitative estimate of drug-likeness (QED) is 0.873. The lowest BCUT2D eigenvalue weighted by atomic mass is 10.2. The molecule has 1 aliphatic rings. The molecule has 0 amide bonds. The highest BCUT2D eigenvalue weighted by molar-refractivity contribution is 7.20. The van der Waals surface area contributed by atoms with Crippen LogP contribution in [0.2, 0.25) is 8.67 Å². The fourth-order valence-corrected chi connectivity index (χ4v) is 3.17. The Balaban J connectivity index is 2.23. The zero-order chi connectivity index (χ0) is 12.0. The molecular formula is C9H6Cl2N4OS. The molecule has 0 atom stereocenters. The number of nitrogens with one attached hydrogen (secondary N) is 1. The van der Waals surface area contributed by atoms with Gasteiger partial charge in [0.25, 0.3) is 5.56 Å². The number of aromatic nitrogens is 3. The molecule has 1 aliphatic heterocycles. The molecule has 0 aromatic carbocycles. The van der Waals surface area contributed by atoms with Crippen LogP contribution in [0.15, 0.2) is 10.9 Å². The van der Waals surface area contributed by atoms with Gasteiger partial charge in [0.2, 0.25) is 5.95 Å². The second-order valence-corrected chi connectivity index (χ2v) is 5.78. The van der Waals surface area contributed by atoms with Crippen molar-refractivity contribution in [2.75, 3.05) is 11.9 Å². The van der Waals surface area contributed by atoms with Crippen LogP contribution in [-0.2, 0) is 6.54 Å². The molecule has 5 nitrogen and oxygen atoms in total. The Morgan fingerprint density at radius 1 is 1.41 bits per heavy atom. The van der Waals surface area contributed by atoms with E-state index in [-0.39, 0.29) is 11.3 Å². The van der Waals surface area contributed by atoms with Crippen molar-refractivity contribution in [1.82, 2.24) is 14.8 Å². The molecule has 2 aromatic heterocycles. The molecule has 3 heterocycles. The first kappa shape index (κ1) is 11.0. The lowest BCUT2D eigenvalue weighted by molar-refractivity contribution is 0.743. The number of thiophene rings is 1. The molecule has 0 spiro atoms. The average Bonchev–Trinajstić information content (AvgIpc) is 2.86. The van der Waals surface area contributed by atoms with E-state index >= 15 is 0 Å². The Hall–Kier alpha value is -1.11. The number of fused-ring (bicyclic) bond motifs is 1. The van der Waals surface area contributed by atoms with Crippen molar-refractivity contribution in [1.29, 1.82) is 0 Å². The molecule has 0 bridgehead atoms. The van der Waals surface area contributed by atoms with E-state index in [1.807, 2.05) is 0 Å². The predicted molar refractivity (Wildman–Crippen MR) is 68.1 cm³/mol. The molecule has 0 saturated carbocycles. The molecule has 3 rings (SSSR count). The van der Waals surface area contributed by atoms with Gasteiger partial charge in [-0.2, -0.15) is 0 Å². The molecule has 2 aromatic rings. The minimum Gasteiger partial charge on any atom is -0.352 e. The lowest BCUT2D eigenvalue weighted by Crippen LogP contribution is -2.22. The van der Waals surface area contributed by atoms with Crippen molar-refractivity contribution >= 4 is 40.5 Å². The van der Waals surface area contributed by atoms with Crippen molar-refractivity contribution in [2.45, 2.75) is 6.54 Å². The Kier molecular flexibility index (Phi) is 2.57. The predicted octanol–water partition coefficient (Wildman–Crippen LogP) is 2.10. The van der Waals surface area contributed by atoms with E-state index in [9.17, 15) is 4.79 Å². The highest BCUT2D eigenvalue weighted by Crippen LogP contribution is 2.36. The normalized spacial score (nSPS) is 13.5. The Bertz CT molecular complexity index is 651. The van der Waals surface area contributed by atoms with Gasteiger partial charge in [-0.3, -0.25) is 9.36 Å². The van der Waals surface area contributed by atoms with Crippen LogP contribution in [0.25, 0.3) is 11.3 Å². The standard InChI is InChI=1S/C9H6Cl2N4OS/c10-5-3-4(7(11)17-5)6-8(16)15-2-1-12-9(15)14-13-6/h3H,1-2H2,(H,12,14). The Morgan fingerprint density at radius 3 is 2.94 bits per heavy atom. The molecule has 17 heavy (non-hydrogen) atoms. The van der Waals surface area contributed by atoms with Crippen molar-refractivity contribution in [3.63, 3.8) is 0 Å². The molecule has 0 fully saturated rings. The average molecular weight is 289 g/mol. The second-order valence-electron chi connectivity index (χ2n) is 3.49. The van der Waals surface area contributed by atoms with Crippen LogP contribution in [0.5, 0.6) is 0 Å². The molecule has 8 heteroatoms. The van der Waals surface area contributed by atoms with Crippen molar-refractivity contribution in [2.24, 2.45) is 0 Å². The Labute approximate surface area is 110 Å². The third kappa shape index (κ3) is 1.72. The number of nitrogens with zero attached hydrogens (tertiary/aromatic N) is 3. The highest BCUT2D eigenvalue weighted by atomic mass is 35.5. The summed E-state index contributed by atoms with van der Waals surface area (Å²) in [5.74, 6) is 0.496. The third-order valence-corrected chi connectivity index (χ3v) is 3.97. The largest absolute Gasteiger partial charge is 0.352 e. The van der Waals surface area contributed by atoms with Crippen LogP contribution >= 0.6 is 34.5 Å². The van der Waals surface area contributed by atoms with E-state index in [1.165, 1.54) is 11.3 Å². The summed E-state index contributed by atoms with van der Waals surface area (Å²) in [6.45, 7) is 1.28. The van der Waals surface area contributed by atoms with Gasteiger partial charge in [-0.1, -0.05) is 23.2 Å². The van der Waals surface area contributed by atoms with Gasteiger partial charge in [0, 0.05) is 18.7 Å². The summed E-state index contributed by atoms with van der Waals surface area (Å²) in [6.07, 6.45) is 0. The van der Waals surface area contributed by atoms with Crippen molar-refractivity contribution < 1.29 is 0 Å². The Morgan fingerprint density at radius 2 is 2.24 bits per heavy atom. The summed E-state index contributed by atoms with van der Waals surface area (Å²) in [6, 6.07) is 1.63. The van der Waals surface area contributed by atoms with Crippen LogP contribution in [0, 0.1) is 0 Å². The first-order valence-electron chi connectivity index (χ1n) is 4.83. The monoisotopic (exact) mass is 288 g/mol. The van der Waals surface area contributed by atoms with Gasteiger partial charge in [-0.25, -0.2) is 0 Å². The summed E-state index contributed by atoms with van der Waals surface area (Å²) in [5, 5.41) is 10.8. The first-order valence-corrected chi connectivity index (χ1v) is 6.40. The van der Waals surface area contributed by atoms with Gasteiger partial charge >= 0.3 is 0 Å². The SMILES string of the molecule is O=c1c(-c2cc(Cl)sc2Cl)nnc2n1CCN2. The third-order valence-electron chi connectivity index (χ3n) is 2.48. The molecule has 0 radical (unpaired) electrons. The molecule has 0 saturated heterocycles. The summed E-state index contributed by atoms with van der Waals surface area (Å²) >= 11 is 13.1. The van der Waals surface area contributed by atoms with E-state index in [4.69, 9.17) is 23.2 Å². The summed E-state index contributed by atoms with van der Waals surface area (Å²) in [5.41, 5.74) is 0.586. The van der Waals surface area contributed by atoms with Gasteiger partial charge in [0.1, 0.15) is 4.34 Å². The number of hydrogen-bond donors (Lipinski definition) is 1. The van der Waals surface area contributed by atoms with E-state index in [0.717, 1.165) is 0 Å². The maximum Gasteiger partial charge on any atom is 0.281 e. The summed E-state index contributed by atoms with van der Waals surface area (Å²) < 4.78 is 2.52. The second kappa shape index (κ2) is 3.97. The number of anilines is 1. The summed E-state index contributed by atoms with van der Waals surface area (Å²) in [4.78, 5) is 12.1. The molecule has 1 N–H and O–H groups in total. The smallest absolute Gasteiger partial charge is 0.281 e. The molecule has 0 aliphatic carbocycles. The number of hydrogen-bond acceptors (Lipinski definition) is 5. The van der Waals surface area contributed by atoms with E-state index in [2.05, 4.69) is 15.5 Å². The molecule has 88 valence electrons. The molecular weight excluding hydrogens is 283 g/mol. The minimum atomic E-state index is -0.198. The fraction of sp³-hybridized carbons (Fsp3) is 0.222. The van der Waals surface area contributed by atoms with E-state index < -0.39 is 0 Å². The number of rotatable bonds is 1. The fourth-order valence-electron chi connectivity index (χ4n) is 1.71. The van der Waals surface area contributed by atoms with Crippen molar-refractivity contribution in [3.05, 3.63) is 25.1 Å². The van der Waals surface area contributed by atoms with Gasteiger partial charge in [-0.05, 0) is 6.07 Å². The van der Waals surface area contributed by atoms with E-state index in [1.54, 1.807) is 10.6 Å². The highest BCUT2D eigenvalue weighted by Gasteiger charge is 2.20.